The van der Waals surface area contributed by atoms with E-state index >= 15 is 0 Å². The van der Waals surface area contributed by atoms with Gasteiger partial charge in [0, 0.05) is 5.02 Å². The number of nitrogens with zero attached hydrogens (tertiary/aromatic N) is 4. The third-order valence-electron chi connectivity index (χ3n) is 3.24. The van der Waals surface area contributed by atoms with Gasteiger partial charge in [0.2, 0.25) is 0 Å². The predicted octanol–water partition coefficient (Wildman–Crippen LogP) is 3.16. The predicted molar refractivity (Wildman–Crippen MR) is 103 cm³/mol. The van der Waals surface area contributed by atoms with Crippen molar-refractivity contribution in [2.75, 3.05) is 5.75 Å². The Bertz CT molecular complexity index is 913. The highest BCUT2D eigenvalue weighted by Crippen LogP contribution is 2.06. The molecule has 0 saturated heterocycles. The molecule has 1 aromatic heterocycles. The van der Waals surface area contributed by atoms with Gasteiger partial charge in [-0.1, -0.05) is 66.2 Å². The van der Waals surface area contributed by atoms with Crippen molar-refractivity contribution in [1.29, 1.82) is 0 Å². The fourth-order valence-electron chi connectivity index (χ4n) is 2.06. The van der Waals surface area contributed by atoms with Crippen LogP contribution in [0.1, 0.15) is 11.4 Å². The Morgan fingerprint density at radius 1 is 1.04 bits per heavy atom. The van der Waals surface area contributed by atoms with Crippen molar-refractivity contribution in [2.45, 2.75) is 12.3 Å². The standard InChI is InChI=1S/C12H14N4O2S.C6H5Cl/c1-2-8-19(17,18)10-12-13-14-15-16(12)9-11-6-4-3-5-7-11;7-6-4-2-1-3-5-6/h2-7H,1,8-10H2;1-5H. The third kappa shape index (κ3) is 6.78. The van der Waals surface area contributed by atoms with E-state index in [0.717, 1.165) is 10.6 Å². The zero-order valence-corrected chi connectivity index (χ0v) is 15.6. The molecular formula is C18H19ClN4O2S. The van der Waals surface area contributed by atoms with Gasteiger partial charge in [0.15, 0.2) is 15.7 Å². The quantitative estimate of drug-likeness (QED) is 0.604. The van der Waals surface area contributed by atoms with Crippen molar-refractivity contribution in [3.63, 3.8) is 0 Å². The van der Waals surface area contributed by atoms with Crippen LogP contribution < -0.4 is 0 Å². The Morgan fingerprint density at radius 3 is 2.19 bits per heavy atom. The van der Waals surface area contributed by atoms with Crippen LogP contribution in [-0.2, 0) is 22.1 Å². The minimum absolute atomic E-state index is 0.0782. The molecule has 0 saturated carbocycles. The molecule has 0 amide bonds. The molecule has 0 fully saturated rings. The molecule has 2 aromatic carbocycles. The number of halogens is 1. The van der Waals surface area contributed by atoms with Gasteiger partial charge in [-0.15, -0.1) is 11.7 Å². The molecule has 0 unspecified atom stereocenters. The van der Waals surface area contributed by atoms with Crippen LogP contribution in [0.4, 0.5) is 0 Å². The van der Waals surface area contributed by atoms with E-state index < -0.39 is 9.84 Å². The maximum atomic E-state index is 11.7. The molecule has 8 heteroatoms. The maximum Gasteiger partial charge on any atom is 0.166 e. The number of hydrogen-bond acceptors (Lipinski definition) is 5. The van der Waals surface area contributed by atoms with E-state index in [4.69, 9.17) is 11.6 Å². The number of sulfone groups is 1. The SMILES string of the molecule is C=CCS(=O)(=O)Cc1nnnn1Cc1ccccc1.Clc1ccccc1. The fraction of sp³-hybridized carbons (Fsp3) is 0.167. The van der Waals surface area contributed by atoms with Gasteiger partial charge in [-0.05, 0) is 28.1 Å². The summed E-state index contributed by atoms with van der Waals surface area (Å²) in [4.78, 5) is 0. The summed E-state index contributed by atoms with van der Waals surface area (Å²) in [5.74, 6) is 0.0787. The van der Waals surface area contributed by atoms with Crippen LogP contribution >= 0.6 is 11.6 Å². The molecule has 6 nitrogen and oxygen atoms in total. The molecule has 0 N–H and O–H groups in total. The summed E-state index contributed by atoms with van der Waals surface area (Å²) in [5, 5.41) is 11.9. The van der Waals surface area contributed by atoms with E-state index in [2.05, 4.69) is 22.1 Å². The van der Waals surface area contributed by atoms with Crippen molar-refractivity contribution < 1.29 is 8.42 Å². The highest BCUT2D eigenvalue weighted by atomic mass is 35.5. The smallest absolute Gasteiger partial charge is 0.166 e. The van der Waals surface area contributed by atoms with Crippen LogP contribution in [0.5, 0.6) is 0 Å². The molecule has 0 bridgehead atoms. The lowest BCUT2D eigenvalue weighted by molar-refractivity contribution is 0.588. The first-order valence-corrected chi connectivity index (χ1v) is 10.0. The van der Waals surface area contributed by atoms with Gasteiger partial charge in [-0.2, -0.15) is 0 Å². The van der Waals surface area contributed by atoms with Gasteiger partial charge in [0.1, 0.15) is 5.75 Å². The summed E-state index contributed by atoms with van der Waals surface area (Å²) < 4.78 is 24.9. The van der Waals surface area contributed by atoms with E-state index in [1.807, 2.05) is 60.7 Å². The van der Waals surface area contributed by atoms with Crippen LogP contribution in [0.15, 0.2) is 73.3 Å². The summed E-state index contributed by atoms with van der Waals surface area (Å²) in [6.45, 7) is 3.88. The monoisotopic (exact) mass is 390 g/mol. The van der Waals surface area contributed by atoms with Crippen LogP contribution in [0.3, 0.4) is 0 Å². The molecule has 0 radical (unpaired) electrons. The van der Waals surface area contributed by atoms with E-state index in [1.54, 1.807) is 0 Å². The van der Waals surface area contributed by atoms with Gasteiger partial charge in [-0.25, -0.2) is 13.1 Å². The van der Waals surface area contributed by atoms with Gasteiger partial charge >= 0.3 is 0 Å². The number of hydrogen-bond donors (Lipinski definition) is 0. The molecule has 3 aromatic rings. The largest absolute Gasteiger partial charge is 0.228 e. The van der Waals surface area contributed by atoms with Crippen molar-refractivity contribution in [3.8, 4) is 0 Å². The molecule has 0 atom stereocenters. The molecule has 26 heavy (non-hydrogen) atoms. The average molecular weight is 391 g/mol. The zero-order valence-electron chi connectivity index (χ0n) is 14.1. The molecule has 1 heterocycles. The second-order valence-corrected chi connectivity index (χ2v) is 7.92. The Balaban J connectivity index is 0.000000290. The number of aromatic nitrogens is 4. The third-order valence-corrected chi connectivity index (χ3v) is 4.93. The molecule has 0 aliphatic rings. The van der Waals surface area contributed by atoms with Crippen molar-refractivity contribution in [3.05, 3.63) is 89.7 Å². The number of rotatable bonds is 6. The Kier molecular flexibility index (Phi) is 7.50. The van der Waals surface area contributed by atoms with Gasteiger partial charge in [0.25, 0.3) is 0 Å². The highest BCUT2D eigenvalue weighted by Gasteiger charge is 2.16. The molecule has 0 aliphatic carbocycles. The molecule has 136 valence electrons. The molecule has 0 spiro atoms. The summed E-state index contributed by atoms with van der Waals surface area (Å²) in [6.07, 6.45) is 1.36. The van der Waals surface area contributed by atoms with Gasteiger partial charge in [0.05, 0.1) is 12.3 Å². The van der Waals surface area contributed by atoms with Crippen molar-refractivity contribution in [1.82, 2.24) is 20.2 Å². The van der Waals surface area contributed by atoms with Crippen molar-refractivity contribution in [2.24, 2.45) is 0 Å². The van der Waals surface area contributed by atoms with E-state index in [-0.39, 0.29) is 11.5 Å². The van der Waals surface area contributed by atoms with Gasteiger partial charge < -0.3 is 0 Å². The first kappa shape index (κ1) is 19.8. The van der Waals surface area contributed by atoms with Crippen LogP contribution in [0, 0.1) is 0 Å². The topological polar surface area (TPSA) is 77.7 Å². The Labute approximate surface area is 158 Å². The lowest BCUT2D eigenvalue weighted by Crippen LogP contribution is -2.14. The molecule has 0 aliphatic heterocycles. The molecule has 3 rings (SSSR count). The summed E-state index contributed by atoms with van der Waals surface area (Å²) in [5.41, 5.74) is 1.01. The fourth-order valence-corrected chi connectivity index (χ4v) is 3.28. The second kappa shape index (κ2) is 9.84. The van der Waals surface area contributed by atoms with E-state index in [1.165, 1.54) is 10.8 Å². The Morgan fingerprint density at radius 2 is 1.65 bits per heavy atom. The lowest BCUT2D eigenvalue weighted by atomic mass is 10.2. The Hall–Kier alpha value is -2.51. The van der Waals surface area contributed by atoms with Crippen LogP contribution in [-0.4, -0.2) is 34.4 Å². The minimum Gasteiger partial charge on any atom is -0.228 e. The van der Waals surface area contributed by atoms with Crippen LogP contribution in [0.2, 0.25) is 5.02 Å². The maximum absolute atomic E-state index is 11.7. The minimum atomic E-state index is -3.25. The first-order chi connectivity index (χ1) is 12.5. The number of tetrazole rings is 1. The van der Waals surface area contributed by atoms with Crippen molar-refractivity contribution >= 4 is 21.4 Å². The summed E-state index contributed by atoms with van der Waals surface area (Å²) in [7, 11) is -3.25. The second-order valence-electron chi connectivity index (χ2n) is 5.38. The highest BCUT2D eigenvalue weighted by molar-refractivity contribution is 7.90. The van der Waals surface area contributed by atoms with E-state index in [0.29, 0.717) is 12.4 Å². The first-order valence-electron chi connectivity index (χ1n) is 7.81. The number of benzene rings is 2. The summed E-state index contributed by atoms with van der Waals surface area (Å²) in [6, 6.07) is 19.0. The normalized spacial score (nSPS) is 10.7. The van der Waals surface area contributed by atoms with Gasteiger partial charge in [-0.3, -0.25) is 0 Å². The average Bonchev–Trinajstić information content (AvgIpc) is 3.03. The lowest BCUT2D eigenvalue weighted by Gasteiger charge is -2.04. The zero-order chi connectivity index (χ0) is 18.8. The summed E-state index contributed by atoms with van der Waals surface area (Å²) >= 11 is 5.54. The van der Waals surface area contributed by atoms with E-state index in [9.17, 15) is 8.42 Å². The molecular weight excluding hydrogens is 372 g/mol. The van der Waals surface area contributed by atoms with Crippen LogP contribution in [0.25, 0.3) is 0 Å².